The molecule has 0 fully saturated rings. The fourth-order valence-electron chi connectivity index (χ4n) is 2.59. The van der Waals surface area contributed by atoms with E-state index in [1.165, 1.54) is 4.90 Å². The van der Waals surface area contributed by atoms with Gasteiger partial charge in [-0.2, -0.15) is 0 Å². The van der Waals surface area contributed by atoms with Gasteiger partial charge in [-0.3, -0.25) is 10.1 Å². The van der Waals surface area contributed by atoms with Gasteiger partial charge in [-0.05, 0) is 49.6 Å². The Morgan fingerprint density at radius 3 is 2.81 bits per heavy atom. The van der Waals surface area contributed by atoms with Gasteiger partial charge in [-0.15, -0.1) is 11.8 Å². The van der Waals surface area contributed by atoms with Crippen molar-refractivity contribution in [3.05, 3.63) is 41.1 Å². The zero-order chi connectivity index (χ0) is 14.7. The predicted octanol–water partition coefficient (Wildman–Crippen LogP) is 3.46. The molecule has 1 heterocycles. The van der Waals surface area contributed by atoms with E-state index in [0.29, 0.717) is 12.3 Å². The fraction of sp³-hybridized carbons (Fsp3) is 0.375. The van der Waals surface area contributed by atoms with Gasteiger partial charge in [0.05, 0.1) is 12.1 Å². The minimum absolute atomic E-state index is 0.0589. The molecule has 1 aliphatic carbocycles. The summed E-state index contributed by atoms with van der Waals surface area (Å²) in [5.74, 6) is 0.479. The van der Waals surface area contributed by atoms with Crippen LogP contribution in [0.15, 0.2) is 33.7 Å². The van der Waals surface area contributed by atoms with E-state index in [4.69, 9.17) is 4.52 Å². The highest BCUT2D eigenvalue weighted by atomic mass is 32.2. The van der Waals surface area contributed by atoms with Crippen molar-refractivity contribution in [1.29, 1.82) is 0 Å². The number of carbonyl (C=O) groups excluding carboxylic acids is 1. The van der Waals surface area contributed by atoms with Crippen LogP contribution in [0.5, 0.6) is 0 Å². The van der Waals surface area contributed by atoms with E-state index in [-0.39, 0.29) is 5.91 Å². The van der Waals surface area contributed by atoms with E-state index >= 15 is 0 Å². The maximum atomic E-state index is 12.1. The van der Waals surface area contributed by atoms with Gasteiger partial charge in [-0.1, -0.05) is 17.3 Å². The number of nitrogens with one attached hydrogen (secondary N) is 1. The van der Waals surface area contributed by atoms with Crippen LogP contribution in [0.2, 0.25) is 0 Å². The number of aryl methyl sites for hydroxylation is 1. The van der Waals surface area contributed by atoms with Gasteiger partial charge in [0.25, 0.3) is 0 Å². The lowest BCUT2D eigenvalue weighted by Crippen LogP contribution is -2.15. The quantitative estimate of drug-likeness (QED) is 0.879. The molecule has 5 heteroatoms. The average Bonchev–Trinajstić information content (AvgIpc) is 2.91. The molecule has 1 aromatic carbocycles. The Morgan fingerprint density at radius 1 is 1.29 bits per heavy atom. The van der Waals surface area contributed by atoms with Crippen molar-refractivity contribution in [1.82, 2.24) is 5.16 Å². The maximum absolute atomic E-state index is 12.1. The third kappa shape index (κ3) is 3.29. The molecule has 21 heavy (non-hydrogen) atoms. The SMILES string of the molecule is CSc1ccc(CC(=O)Nc2onc3c2CCCC3)cc1. The Hall–Kier alpha value is -1.75. The lowest BCUT2D eigenvalue weighted by Gasteiger charge is -2.09. The third-order valence-corrected chi connectivity index (χ3v) is 4.48. The number of hydrogen-bond acceptors (Lipinski definition) is 4. The molecular formula is C16H18N2O2S. The Bertz CT molecular complexity index is 634. The maximum Gasteiger partial charge on any atom is 0.234 e. The molecule has 1 amide bonds. The van der Waals surface area contributed by atoms with Crippen LogP contribution < -0.4 is 5.32 Å². The molecule has 0 saturated carbocycles. The number of hydrogen-bond donors (Lipinski definition) is 1. The normalized spacial score (nSPS) is 13.8. The topological polar surface area (TPSA) is 55.1 Å². The van der Waals surface area contributed by atoms with Crippen LogP contribution in [-0.2, 0) is 24.1 Å². The van der Waals surface area contributed by atoms with E-state index in [9.17, 15) is 4.79 Å². The largest absolute Gasteiger partial charge is 0.338 e. The van der Waals surface area contributed by atoms with Crippen LogP contribution in [0.1, 0.15) is 29.7 Å². The van der Waals surface area contributed by atoms with Crippen molar-refractivity contribution in [2.24, 2.45) is 0 Å². The Morgan fingerprint density at radius 2 is 2.05 bits per heavy atom. The molecule has 0 radical (unpaired) electrons. The number of thioether (sulfide) groups is 1. The number of fused-ring (bicyclic) bond motifs is 1. The highest BCUT2D eigenvalue weighted by Crippen LogP contribution is 2.27. The van der Waals surface area contributed by atoms with Gasteiger partial charge in [0.1, 0.15) is 0 Å². The van der Waals surface area contributed by atoms with Crippen molar-refractivity contribution >= 4 is 23.6 Å². The summed E-state index contributed by atoms with van der Waals surface area (Å²) in [5, 5.41) is 6.90. The van der Waals surface area contributed by atoms with E-state index in [2.05, 4.69) is 10.5 Å². The molecule has 0 unspecified atom stereocenters. The number of rotatable bonds is 4. The lowest BCUT2D eigenvalue weighted by atomic mass is 9.97. The monoisotopic (exact) mass is 302 g/mol. The number of nitrogens with zero attached hydrogens (tertiary/aromatic N) is 1. The van der Waals surface area contributed by atoms with Crippen molar-refractivity contribution < 1.29 is 9.32 Å². The van der Waals surface area contributed by atoms with E-state index in [1.807, 2.05) is 30.5 Å². The second-order valence-electron chi connectivity index (χ2n) is 5.22. The summed E-state index contributed by atoms with van der Waals surface area (Å²) >= 11 is 1.69. The number of benzene rings is 1. The molecule has 0 spiro atoms. The van der Waals surface area contributed by atoms with Crippen LogP contribution >= 0.6 is 11.8 Å². The highest BCUT2D eigenvalue weighted by Gasteiger charge is 2.20. The van der Waals surface area contributed by atoms with Gasteiger partial charge in [0, 0.05) is 10.5 Å². The summed E-state index contributed by atoms with van der Waals surface area (Å²) in [6.45, 7) is 0. The van der Waals surface area contributed by atoms with Gasteiger partial charge in [0.2, 0.25) is 11.8 Å². The molecule has 0 aliphatic heterocycles. The van der Waals surface area contributed by atoms with E-state index in [1.54, 1.807) is 11.8 Å². The molecule has 0 saturated heterocycles. The van der Waals surface area contributed by atoms with Gasteiger partial charge >= 0.3 is 0 Å². The van der Waals surface area contributed by atoms with Crippen molar-refractivity contribution in [3.8, 4) is 0 Å². The molecule has 1 aliphatic rings. The summed E-state index contributed by atoms with van der Waals surface area (Å²) in [6, 6.07) is 8.04. The average molecular weight is 302 g/mol. The minimum Gasteiger partial charge on any atom is -0.338 e. The smallest absolute Gasteiger partial charge is 0.234 e. The van der Waals surface area contributed by atoms with Gasteiger partial charge < -0.3 is 4.52 Å². The van der Waals surface area contributed by atoms with E-state index in [0.717, 1.165) is 42.5 Å². The minimum atomic E-state index is -0.0589. The third-order valence-electron chi connectivity index (χ3n) is 3.74. The summed E-state index contributed by atoms with van der Waals surface area (Å²) in [4.78, 5) is 13.3. The summed E-state index contributed by atoms with van der Waals surface area (Å²) in [5.41, 5.74) is 3.08. The first-order valence-electron chi connectivity index (χ1n) is 7.16. The second-order valence-corrected chi connectivity index (χ2v) is 6.10. The Kier molecular flexibility index (Phi) is 4.29. The first kappa shape index (κ1) is 14.2. The van der Waals surface area contributed by atoms with Crippen LogP contribution in [-0.4, -0.2) is 17.3 Å². The summed E-state index contributed by atoms with van der Waals surface area (Å²) in [6.07, 6.45) is 6.56. The zero-order valence-electron chi connectivity index (χ0n) is 12.0. The van der Waals surface area contributed by atoms with Crippen LogP contribution in [0.4, 0.5) is 5.88 Å². The summed E-state index contributed by atoms with van der Waals surface area (Å²) < 4.78 is 5.28. The second kappa shape index (κ2) is 6.35. The standard InChI is InChI=1S/C16H18N2O2S/c1-21-12-8-6-11(7-9-12)10-15(19)17-16-13-4-2-3-5-14(13)18-20-16/h6-9H,2-5,10H2,1H3,(H,17,19). The van der Waals surface area contributed by atoms with Gasteiger partial charge in [-0.25, -0.2) is 0 Å². The first-order chi connectivity index (χ1) is 10.3. The Labute approximate surface area is 128 Å². The predicted molar refractivity (Wildman–Crippen MR) is 83.7 cm³/mol. The number of anilines is 1. The molecule has 2 aromatic rings. The lowest BCUT2D eigenvalue weighted by molar-refractivity contribution is -0.115. The van der Waals surface area contributed by atoms with Crippen LogP contribution in [0, 0.1) is 0 Å². The molecule has 4 nitrogen and oxygen atoms in total. The van der Waals surface area contributed by atoms with Gasteiger partial charge in [0.15, 0.2) is 0 Å². The molecule has 0 atom stereocenters. The Balaban J connectivity index is 1.64. The first-order valence-corrected chi connectivity index (χ1v) is 8.39. The zero-order valence-corrected chi connectivity index (χ0v) is 12.8. The number of aromatic nitrogens is 1. The molecule has 110 valence electrons. The van der Waals surface area contributed by atoms with E-state index < -0.39 is 0 Å². The molecular weight excluding hydrogens is 284 g/mol. The fourth-order valence-corrected chi connectivity index (χ4v) is 3.00. The molecule has 0 bridgehead atoms. The highest BCUT2D eigenvalue weighted by molar-refractivity contribution is 7.98. The molecule has 3 rings (SSSR count). The van der Waals surface area contributed by atoms with Crippen molar-refractivity contribution in [2.45, 2.75) is 37.0 Å². The van der Waals surface area contributed by atoms with Crippen molar-refractivity contribution in [2.75, 3.05) is 11.6 Å². The summed E-state index contributed by atoms with van der Waals surface area (Å²) in [7, 11) is 0. The molecule has 1 N–H and O–H groups in total. The number of carbonyl (C=O) groups is 1. The van der Waals surface area contributed by atoms with Crippen molar-refractivity contribution in [3.63, 3.8) is 0 Å². The number of amides is 1. The molecule has 1 aromatic heterocycles. The van der Waals surface area contributed by atoms with Crippen LogP contribution in [0.3, 0.4) is 0 Å². The van der Waals surface area contributed by atoms with Crippen LogP contribution in [0.25, 0.3) is 0 Å².